The zero-order valence-corrected chi connectivity index (χ0v) is 17.5. The van der Waals surface area contributed by atoms with Crippen LogP contribution in [0.5, 0.6) is 0 Å². The molecule has 154 valence electrons. The van der Waals surface area contributed by atoms with Crippen molar-refractivity contribution in [3.63, 3.8) is 0 Å². The van der Waals surface area contributed by atoms with Crippen LogP contribution in [0.3, 0.4) is 0 Å². The maximum absolute atomic E-state index is 12.7. The number of hydrogen-bond donors (Lipinski definition) is 2. The normalized spacial score (nSPS) is 20.8. The van der Waals surface area contributed by atoms with Gasteiger partial charge in [-0.2, -0.15) is 4.31 Å². The minimum atomic E-state index is -3.64. The fraction of sp³-hybridized carbons (Fsp3) is 0.500. The van der Waals surface area contributed by atoms with Gasteiger partial charge in [0.1, 0.15) is 5.54 Å². The number of sulfonamides is 1. The van der Waals surface area contributed by atoms with E-state index >= 15 is 0 Å². The average Bonchev–Trinajstić information content (AvgIpc) is 2.58. The van der Waals surface area contributed by atoms with E-state index in [2.05, 4.69) is 10.6 Å². The number of piperazine rings is 1. The number of nitrogens with zero attached hydrogens (tertiary/aromatic N) is 2. The number of rotatable bonds is 5. The van der Waals surface area contributed by atoms with Crippen LogP contribution in [-0.4, -0.2) is 73.8 Å². The molecule has 1 aromatic rings. The number of carbonyl (C=O) groups excluding carboxylic acids is 3. The van der Waals surface area contributed by atoms with E-state index in [0.29, 0.717) is 5.69 Å². The van der Waals surface area contributed by atoms with E-state index in [9.17, 15) is 22.8 Å². The number of benzene rings is 1. The standard InChI is InChI=1S/C18H26N4O5S/c1-12-6-7-14(13(2)8-12)20-15(23)9-19-17(25)18(3)11-22(28(5,26)27)10-16(24)21(18)4/h6-8H,9-11H2,1-5H3,(H,19,25)(H,20,23). The molecule has 1 aromatic carbocycles. The van der Waals surface area contributed by atoms with Crippen LogP contribution in [0.1, 0.15) is 18.1 Å². The first-order valence-electron chi connectivity index (χ1n) is 8.72. The Morgan fingerprint density at radius 1 is 1.25 bits per heavy atom. The molecule has 0 saturated carbocycles. The van der Waals surface area contributed by atoms with E-state index < -0.39 is 33.3 Å². The number of nitrogens with one attached hydrogen (secondary N) is 2. The molecule has 3 amide bonds. The topological polar surface area (TPSA) is 116 Å². The first kappa shape index (κ1) is 21.8. The van der Waals surface area contributed by atoms with Gasteiger partial charge in [-0.1, -0.05) is 17.7 Å². The van der Waals surface area contributed by atoms with Gasteiger partial charge in [0.2, 0.25) is 27.7 Å². The number of likely N-dealkylation sites (N-methyl/N-ethyl adjacent to an activating group) is 1. The fourth-order valence-corrected chi connectivity index (χ4v) is 3.83. The maximum Gasteiger partial charge on any atom is 0.247 e. The number of anilines is 1. The van der Waals surface area contributed by atoms with Gasteiger partial charge in [-0.3, -0.25) is 14.4 Å². The highest BCUT2D eigenvalue weighted by Gasteiger charge is 2.47. The summed E-state index contributed by atoms with van der Waals surface area (Å²) in [6, 6.07) is 5.57. The van der Waals surface area contributed by atoms with E-state index in [1.807, 2.05) is 26.0 Å². The van der Waals surface area contributed by atoms with Gasteiger partial charge in [0.25, 0.3) is 0 Å². The molecule has 0 radical (unpaired) electrons. The zero-order valence-electron chi connectivity index (χ0n) is 16.7. The van der Waals surface area contributed by atoms with E-state index in [1.165, 1.54) is 18.9 Å². The number of hydrogen-bond acceptors (Lipinski definition) is 5. The maximum atomic E-state index is 12.7. The second-order valence-corrected chi connectivity index (χ2v) is 9.29. The van der Waals surface area contributed by atoms with Crippen molar-refractivity contribution in [3.05, 3.63) is 29.3 Å². The quantitative estimate of drug-likeness (QED) is 0.700. The van der Waals surface area contributed by atoms with Crippen LogP contribution in [0.15, 0.2) is 18.2 Å². The Morgan fingerprint density at radius 2 is 1.89 bits per heavy atom. The van der Waals surface area contributed by atoms with Crippen LogP contribution in [0, 0.1) is 13.8 Å². The Hall–Kier alpha value is -2.46. The minimum absolute atomic E-state index is 0.182. The van der Waals surface area contributed by atoms with Gasteiger partial charge in [-0.15, -0.1) is 0 Å². The van der Waals surface area contributed by atoms with Gasteiger partial charge in [0.05, 0.1) is 19.3 Å². The fourth-order valence-electron chi connectivity index (χ4n) is 3.00. The molecule has 1 unspecified atom stereocenters. The third-order valence-corrected chi connectivity index (χ3v) is 6.13. The van der Waals surface area contributed by atoms with Crippen LogP contribution in [-0.2, 0) is 24.4 Å². The number of aryl methyl sites for hydroxylation is 2. The second-order valence-electron chi connectivity index (χ2n) is 7.31. The first-order valence-corrected chi connectivity index (χ1v) is 10.6. The molecule has 0 bridgehead atoms. The molecule has 2 rings (SSSR count). The largest absolute Gasteiger partial charge is 0.345 e. The molecule has 1 aliphatic rings. The van der Waals surface area contributed by atoms with Crippen molar-refractivity contribution in [1.82, 2.24) is 14.5 Å². The van der Waals surface area contributed by atoms with Crippen molar-refractivity contribution in [3.8, 4) is 0 Å². The summed E-state index contributed by atoms with van der Waals surface area (Å²) >= 11 is 0. The van der Waals surface area contributed by atoms with Crippen LogP contribution in [0.2, 0.25) is 0 Å². The molecule has 1 fully saturated rings. The smallest absolute Gasteiger partial charge is 0.247 e. The predicted molar refractivity (Wildman–Crippen MR) is 105 cm³/mol. The van der Waals surface area contributed by atoms with Gasteiger partial charge < -0.3 is 15.5 Å². The van der Waals surface area contributed by atoms with Crippen LogP contribution in [0.25, 0.3) is 0 Å². The highest BCUT2D eigenvalue weighted by Crippen LogP contribution is 2.23. The molecular formula is C18H26N4O5S. The third kappa shape index (κ3) is 4.68. The minimum Gasteiger partial charge on any atom is -0.345 e. The van der Waals surface area contributed by atoms with Crippen molar-refractivity contribution in [2.24, 2.45) is 0 Å². The van der Waals surface area contributed by atoms with Crippen LogP contribution < -0.4 is 10.6 Å². The summed E-state index contributed by atoms with van der Waals surface area (Å²) in [6.07, 6.45) is 0.987. The van der Waals surface area contributed by atoms with E-state index in [0.717, 1.165) is 21.7 Å². The lowest BCUT2D eigenvalue weighted by Gasteiger charge is -2.44. The van der Waals surface area contributed by atoms with Gasteiger partial charge >= 0.3 is 0 Å². The molecule has 2 N–H and O–H groups in total. The van der Waals surface area contributed by atoms with Crippen molar-refractivity contribution in [1.29, 1.82) is 0 Å². The Bertz CT molecular complexity index is 915. The van der Waals surface area contributed by atoms with E-state index in [1.54, 1.807) is 6.07 Å². The molecular weight excluding hydrogens is 384 g/mol. The molecule has 1 aliphatic heterocycles. The Labute approximate surface area is 165 Å². The Kier molecular flexibility index (Phi) is 6.15. The van der Waals surface area contributed by atoms with Crippen LogP contribution in [0.4, 0.5) is 5.69 Å². The average molecular weight is 410 g/mol. The van der Waals surface area contributed by atoms with Gasteiger partial charge in [0, 0.05) is 19.3 Å². The van der Waals surface area contributed by atoms with Gasteiger partial charge in [-0.25, -0.2) is 8.42 Å². The zero-order chi connectivity index (χ0) is 21.3. The highest BCUT2D eigenvalue weighted by atomic mass is 32.2. The third-order valence-electron chi connectivity index (χ3n) is 4.93. The Balaban J connectivity index is 2.05. The lowest BCUT2D eigenvalue weighted by molar-refractivity contribution is -0.150. The molecule has 0 aromatic heterocycles. The van der Waals surface area contributed by atoms with Crippen molar-refractivity contribution in [2.45, 2.75) is 26.3 Å². The number of amides is 3. The highest BCUT2D eigenvalue weighted by molar-refractivity contribution is 7.88. The molecule has 1 atom stereocenters. The number of carbonyl (C=O) groups is 3. The molecule has 28 heavy (non-hydrogen) atoms. The summed E-state index contributed by atoms with van der Waals surface area (Å²) in [5.41, 5.74) is 1.19. The van der Waals surface area contributed by atoms with Gasteiger partial charge in [-0.05, 0) is 32.4 Å². The lowest BCUT2D eigenvalue weighted by atomic mass is 9.96. The van der Waals surface area contributed by atoms with Crippen molar-refractivity contribution in [2.75, 3.05) is 38.3 Å². The Morgan fingerprint density at radius 3 is 2.46 bits per heavy atom. The molecule has 9 nitrogen and oxygen atoms in total. The molecule has 0 spiro atoms. The molecule has 1 heterocycles. The second kappa shape index (κ2) is 7.88. The van der Waals surface area contributed by atoms with Crippen LogP contribution >= 0.6 is 0 Å². The summed E-state index contributed by atoms with van der Waals surface area (Å²) in [6.45, 7) is 4.48. The first-order chi connectivity index (χ1) is 12.8. The molecule has 10 heteroatoms. The van der Waals surface area contributed by atoms with Crippen molar-refractivity contribution < 1.29 is 22.8 Å². The summed E-state index contributed by atoms with van der Waals surface area (Å²) in [7, 11) is -2.20. The monoisotopic (exact) mass is 410 g/mol. The predicted octanol–water partition coefficient (Wildman–Crippen LogP) is -0.150. The van der Waals surface area contributed by atoms with Crippen molar-refractivity contribution >= 4 is 33.4 Å². The summed E-state index contributed by atoms with van der Waals surface area (Å²) in [5, 5.41) is 5.22. The van der Waals surface area contributed by atoms with Gasteiger partial charge in [0.15, 0.2) is 0 Å². The lowest BCUT2D eigenvalue weighted by Crippen LogP contribution is -2.68. The summed E-state index contributed by atoms with van der Waals surface area (Å²) in [4.78, 5) is 38.3. The molecule has 0 aliphatic carbocycles. The summed E-state index contributed by atoms with van der Waals surface area (Å²) < 4.78 is 24.6. The van der Waals surface area contributed by atoms with E-state index in [4.69, 9.17) is 0 Å². The SMILES string of the molecule is Cc1ccc(NC(=O)CNC(=O)C2(C)CN(S(C)(=O)=O)CC(=O)N2C)c(C)c1. The van der Waals surface area contributed by atoms with E-state index in [-0.39, 0.29) is 19.6 Å². The summed E-state index contributed by atoms with van der Waals surface area (Å²) in [5.74, 6) is -1.52. The molecule has 1 saturated heterocycles.